The minimum atomic E-state index is -0.997. The minimum absolute atomic E-state index is 0.362. The highest BCUT2D eigenvalue weighted by molar-refractivity contribution is 5.76. The molecule has 0 heterocycles. The lowest BCUT2D eigenvalue weighted by Gasteiger charge is -2.07. The Morgan fingerprint density at radius 3 is 2.33 bits per heavy atom. The number of carbonyl (C=O) groups is 1. The summed E-state index contributed by atoms with van der Waals surface area (Å²) < 4.78 is 0. The summed E-state index contributed by atoms with van der Waals surface area (Å²) in [6, 6.07) is 8.69. The highest BCUT2D eigenvalue weighted by Gasteiger charge is 2.17. The van der Waals surface area contributed by atoms with Crippen LogP contribution in [0.3, 0.4) is 0 Å². The van der Waals surface area contributed by atoms with Gasteiger partial charge >= 0.3 is 5.97 Å². The van der Waals surface area contributed by atoms with Gasteiger partial charge in [-0.05, 0) is 5.56 Å². The quantitative estimate of drug-likeness (QED) is 0.699. The van der Waals surface area contributed by atoms with Gasteiger partial charge in [-0.25, -0.2) is 0 Å². The molecule has 0 amide bonds. The fraction of sp³-hybridized carbons (Fsp3) is 0.222. The van der Waals surface area contributed by atoms with Gasteiger partial charge in [0, 0.05) is 0 Å². The molecule has 64 valence electrons. The van der Waals surface area contributed by atoms with Crippen LogP contribution in [0.25, 0.3) is 0 Å². The van der Waals surface area contributed by atoms with Crippen LogP contribution in [-0.2, 0) is 4.79 Å². The maximum Gasteiger partial charge on any atom is 0.313 e. The van der Waals surface area contributed by atoms with Gasteiger partial charge in [-0.2, -0.15) is 0 Å². The van der Waals surface area contributed by atoms with Crippen molar-refractivity contribution in [1.29, 1.82) is 0 Å². The number of benzene rings is 1. The van der Waals surface area contributed by atoms with Gasteiger partial charge in [0.05, 0.1) is 6.61 Å². The van der Waals surface area contributed by atoms with E-state index in [-0.39, 0.29) is 6.61 Å². The summed E-state index contributed by atoms with van der Waals surface area (Å²) >= 11 is 0. The number of aliphatic carboxylic acids is 1. The molecule has 0 aliphatic heterocycles. The van der Waals surface area contributed by atoms with Crippen molar-refractivity contribution in [3.63, 3.8) is 0 Å². The Bertz CT molecular complexity index is 256. The normalized spacial score (nSPS) is 12.4. The summed E-state index contributed by atoms with van der Waals surface area (Å²) in [7, 11) is 0. The van der Waals surface area contributed by atoms with Crippen LogP contribution in [0, 0.1) is 0 Å². The molecule has 1 atom stereocenters. The third-order valence-electron chi connectivity index (χ3n) is 1.68. The van der Waals surface area contributed by atoms with E-state index in [9.17, 15) is 4.79 Å². The number of rotatable bonds is 3. The van der Waals surface area contributed by atoms with Crippen molar-refractivity contribution >= 4 is 5.97 Å². The molecule has 0 radical (unpaired) electrons. The Hall–Kier alpha value is -1.35. The molecule has 3 nitrogen and oxygen atoms in total. The van der Waals surface area contributed by atoms with Crippen molar-refractivity contribution in [3.05, 3.63) is 35.9 Å². The highest BCUT2D eigenvalue weighted by Crippen LogP contribution is 2.14. The Labute approximate surface area is 70.3 Å². The zero-order chi connectivity index (χ0) is 8.97. The first-order valence-corrected chi connectivity index (χ1v) is 3.64. The Balaban J connectivity index is 2.88. The van der Waals surface area contributed by atoms with E-state index in [1.165, 1.54) is 0 Å². The van der Waals surface area contributed by atoms with Gasteiger partial charge < -0.3 is 10.2 Å². The molecule has 1 rings (SSSR count). The summed E-state index contributed by atoms with van der Waals surface area (Å²) in [5.41, 5.74) is 0.632. The number of hydrogen-bond donors (Lipinski definition) is 2. The largest absolute Gasteiger partial charge is 0.481 e. The third-order valence-corrected chi connectivity index (χ3v) is 1.68. The molecule has 12 heavy (non-hydrogen) atoms. The van der Waals surface area contributed by atoms with Gasteiger partial charge in [0.1, 0.15) is 5.92 Å². The van der Waals surface area contributed by atoms with Gasteiger partial charge in [0.15, 0.2) is 0 Å². The summed E-state index contributed by atoms with van der Waals surface area (Å²) in [5.74, 6) is -1.80. The fourth-order valence-corrected chi connectivity index (χ4v) is 1.01. The summed E-state index contributed by atoms with van der Waals surface area (Å²) in [6.45, 7) is -0.362. The van der Waals surface area contributed by atoms with Crippen LogP contribution >= 0.6 is 0 Å². The molecule has 1 aromatic carbocycles. The van der Waals surface area contributed by atoms with Crippen LogP contribution in [0.15, 0.2) is 30.3 Å². The van der Waals surface area contributed by atoms with Gasteiger partial charge in [0.25, 0.3) is 0 Å². The Kier molecular flexibility index (Phi) is 2.82. The Morgan fingerprint density at radius 2 is 1.92 bits per heavy atom. The molecule has 0 aliphatic rings. The van der Waals surface area contributed by atoms with Crippen molar-refractivity contribution in [2.24, 2.45) is 0 Å². The van der Waals surface area contributed by atoms with Crippen LogP contribution in [-0.4, -0.2) is 22.8 Å². The molecule has 3 heteroatoms. The lowest BCUT2D eigenvalue weighted by atomic mass is 10.0. The predicted octanol–water partition coefficient (Wildman–Crippen LogP) is 0.847. The van der Waals surface area contributed by atoms with Crippen molar-refractivity contribution in [2.45, 2.75) is 5.92 Å². The SMILES string of the molecule is O=C(O)C(CO)c1ccccc1. The van der Waals surface area contributed by atoms with E-state index >= 15 is 0 Å². The van der Waals surface area contributed by atoms with Gasteiger partial charge in [0.2, 0.25) is 0 Å². The van der Waals surface area contributed by atoms with Crippen molar-refractivity contribution in [3.8, 4) is 0 Å². The molecule has 0 aliphatic carbocycles. The zero-order valence-corrected chi connectivity index (χ0v) is 6.47. The third kappa shape index (κ3) is 1.83. The van der Waals surface area contributed by atoms with E-state index < -0.39 is 11.9 Å². The van der Waals surface area contributed by atoms with E-state index in [2.05, 4.69) is 0 Å². The molecule has 0 saturated carbocycles. The van der Waals surface area contributed by atoms with E-state index in [0.29, 0.717) is 5.56 Å². The van der Waals surface area contributed by atoms with Crippen LogP contribution in [0.2, 0.25) is 0 Å². The number of hydrogen-bond acceptors (Lipinski definition) is 2. The van der Waals surface area contributed by atoms with Crippen molar-refractivity contribution in [1.82, 2.24) is 0 Å². The average molecular weight is 166 g/mol. The Morgan fingerprint density at radius 1 is 1.33 bits per heavy atom. The van der Waals surface area contributed by atoms with Gasteiger partial charge in [-0.1, -0.05) is 30.3 Å². The number of aliphatic hydroxyl groups excluding tert-OH is 1. The van der Waals surface area contributed by atoms with E-state index in [4.69, 9.17) is 10.2 Å². The topological polar surface area (TPSA) is 57.5 Å². The maximum absolute atomic E-state index is 10.6. The van der Waals surface area contributed by atoms with Crippen LogP contribution in [0.5, 0.6) is 0 Å². The maximum atomic E-state index is 10.6. The van der Waals surface area contributed by atoms with Gasteiger partial charge in [-0.3, -0.25) is 4.79 Å². The van der Waals surface area contributed by atoms with Crippen molar-refractivity contribution < 1.29 is 15.0 Å². The molecule has 0 spiro atoms. The second-order valence-electron chi connectivity index (χ2n) is 2.48. The van der Waals surface area contributed by atoms with Crippen LogP contribution in [0.1, 0.15) is 11.5 Å². The summed E-state index contributed by atoms with van der Waals surface area (Å²) in [4.78, 5) is 10.6. The summed E-state index contributed by atoms with van der Waals surface area (Å²) in [6.07, 6.45) is 0. The van der Waals surface area contributed by atoms with Crippen molar-refractivity contribution in [2.75, 3.05) is 6.61 Å². The standard InChI is InChI=1S/C9H10O3/c10-6-8(9(11)12)7-4-2-1-3-5-7/h1-5,8,10H,6H2,(H,11,12). The van der Waals surface area contributed by atoms with Gasteiger partial charge in [-0.15, -0.1) is 0 Å². The first-order chi connectivity index (χ1) is 5.75. The van der Waals surface area contributed by atoms with Crippen LogP contribution in [0.4, 0.5) is 0 Å². The van der Waals surface area contributed by atoms with E-state index in [1.807, 2.05) is 0 Å². The zero-order valence-electron chi connectivity index (χ0n) is 6.47. The lowest BCUT2D eigenvalue weighted by molar-refractivity contribution is -0.139. The molecule has 0 fully saturated rings. The molecule has 1 unspecified atom stereocenters. The first kappa shape index (κ1) is 8.74. The predicted molar refractivity (Wildman–Crippen MR) is 43.9 cm³/mol. The number of carboxylic acid groups (broad SMARTS) is 1. The minimum Gasteiger partial charge on any atom is -0.481 e. The monoisotopic (exact) mass is 166 g/mol. The lowest BCUT2D eigenvalue weighted by Crippen LogP contribution is -2.15. The van der Waals surface area contributed by atoms with Crippen LogP contribution < -0.4 is 0 Å². The second kappa shape index (κ2) is 3.88. The highest BCUT2D eigenvalue weighted by atomic mass is 16.4. The first-order valence-electron chi connectivity index (χ1n) is 3.64. The number of carboxylic acids is 1. The molecule has 2 N–H and O–H groups in total. The van der Waals surface area contributed by atoms with E-state index in [1.54, 1.807) is 30.3 Å². The molecule has 0 aromatic heterocycles. The van der Waals surface area contributed by atoms with E-state index in [0.717, 1.165) is 0 Å². The molecule has 1 aromatic rings. The fourth-order valence-electron chi connectivity index (χ4n) is 1.01. The smallest absolute Gasteiger partial charge is 0.313 e. The molecule has 0 saturated heterocycles. The number of aliphatic hydroxyl groups is 1. The summed E-state index contributed by atoms with van der Waals surface area (Å²) in [5, 5.41) is 17.4. The second-order valence-corrected chi connectivity index (χ2v) is 2.48. The molecule has 0 bridgehead atoms. The molecular formula is C9H10O3. The molecular weight excluding hydrogens is 156 g/mol. The average Bonchev–Trinajstić information content (AvgIpc) is 2.07.